The van der Waals surface area contributed by atoms with Crippen molar-refractivity contribution in [2.24, 2.45) is 0 Å². The van der Waals surface area contributed by atoms with Gasteiger partial charge in [-0.3, -0.25) is 9.69 Å². The van der Waals surface area contributed by atoms with Crippen LogP contribution >= 0.6 is 27.5 Å². The number of carbonyl (C=O) groups excluding carboxylic acids is 1. The molecule has 0 aromatic heterocycles. The first-order valence-corrected chi connectivity index (χ1v) is 10.1. The third-order valence-corrected chi connectivity index (χ3v) is 5.68. The predicted molar refractivity (Wildman–Crippen MR) is 118 cm³/mol. The van der Waals surface area contributed by atoms with E-state index in [0.29, 0.717) is 22.0 Å². The quantitative estimate of drug-likeness (QED) is 0.496. The molecule has 0 bridgehead atoms. The van der Waals surface area contributed by atoms with E-state index in [0.717, 1.165) is 15.6 Å². The summed E-state index contributed by atoms with van der Waals surface area (Å²) in [5, 5.41) is 11.4. The summed E-state index contributed by atoms with van der Waals surface area (Å²) in [5.41, 5.74) is 2.83. The fourth-order valence-electron chi connectivity index (χ4n) is 3.50. The van der Waals surface area contributed by atoms with Crippen LogP contribution in [0.5, 0.6) is 5.75 Å². The lowest BCUT2D eigenvalue weighted by Gasteiger charge is -2.27. The summed E-state index contributed by atoms with van der Waals surface area (Å²) in [6, 6.07) is 21.5. The number of aliphatic hydroxyl groups excluding tert-OH is 1. The van der Waals surface area contributed by atoms with E-state index in [9.17, 15) is 9.90 Å². The van der Waals surface area contributed by atoms with Gasteiger partial charge in [-0.25, -0.2) is 0 Å². The van der Waals surface area contributed by atoms with Crippen LogP contribution in [0.1, 0.15) is 17.2 Å². The van der Waals surface area contributed by atoms with Gasteiger partial charge >= 0.3 is 0 Å². The van der Waals surface area contributed by atoms with Crippen molar-refractivity contribution >= 4 is 44.7 Å². The average molecular weight is 471 g/mol. The van der Waals surface area contributed by atoms with Gasteiger partial charge in [-0.15, -0.1) is 0 Å². The summed E-state index contributed by atoms with van der Waals surface area (Å²) in [5.74, 6) is -0.0119. The SMILES string of the molecule is COc1ccc(C2=C(O)C(=O)N(c3ccc(Br)cc3)[C@@H]2c2ccc(Cl)cc2)cc1. The second-order valence-corrected chi connectivity index (χ2v) is 7.95. The fraction of sp³-hybridized carbons (Fsp3) is 0.0870. The third kappa shape index (κ3) is 3.63. The molecule has 3 aromatic rings. The number of ether oxygens (including phenoxy) is 1. The maximum Gasteiger partial charge on any atom is 0.294 e. The highest BCUT2D eigenvalue weighted by Crippen LogP contribution is 2.45. The molecule has 1 aliphatic heterocycles. The molecule has 1 heterocycles. The normalized spacial score (nSPS) is 16.4. The van der Waals surface area contributed by atoms with E-state index in [1.807, 2.05) is 48.5 Å². The van der Waals surface area contributed by atoms with Gasteiger partial charge < -0.3 is 9.84 Å². The Morgan fingerprint density at radius 2 is 1.59 bits per heavy atom. The number of aliphatic hydroxyl groups is 1. The van der Waals surface area contributed by atoms with Gasteiger partial charge in [0, 0.05) is 20.8 Å². The summed E-state index contributed by atoms with van der Waals surface area (Å²) in [7, 11) is 1.59. The maximum atomic E-state index is 13.1. The Hall–Kier alpha value is -2.76. The Balaban J connectivity index is 1.87. The van der Waals surface area contributed by atoms with Gasteiger partial charge in [0.25, 0.3) is 5.91 Å². The van der Waals surface area contributed by atoms with E-state index < -0.39 is 11.9 Å². The molecular formula is C23H17BrClNO3. The van der Waals surface area contributed by atoms with Crippen molar-refractivity contribution in [1.29, 1.82) is 0 Å². The molecule has 4 rings (SSSR count). The Labute approximate surface area is 182 Å². The molecule has 0 spiro atoms. The molecule has 0 fully saturated rings. The molecule has 146 valence electrons. The smallest absolute Gasteiger partial charge is 0.294 e. The first kappa shape index (κ1) is 19.6. The van der Waals surface area contributed by atoms with Crippen LogP contribution in [0.3, 0.4) is 0 Å². The van der Waals surface area contributed by atoms with Gasteiger partial charge in [-0.2, -0.15) is 0 Å². The average Bonchev–Trinajstić information content (AvgIpc) is 3.00. The number of rotatable bonds is 4. The topological polar surface area (TPSA) is 49.8 Å². The van der Waals surface area contributed by atoms with Crippen LogP contribution in [-0.2, 0) is 4.79 Å². The zero-order valence-electron chi connectivity index (χ0n) is 15.5. The maximum absolute atomic E-state index is 13.1. The van der Waals surface area contributed by atoms with Crippen molar-refractivity contribution < 1.29 is 14.6 Å². The van der Waals surface area contributed by atoms with Gasteiger partial charge in [-0.1, -0.05) is 51.8 Å². The fourth-order valence-corrected chi connectivity index (χ4v) is 3.89. The Morgan fingerprint density at radius 3 is 2.17 bits per heavy atom. The first-order valence-electron chi connectivity index (χ1n) is 8.91. The molecular weight excluding hydrogens is 454 g/mol. The van der Waals surface area contributed by atoms with Crippen molar-refractivity contribution in [2.75, 3.05) is 12.0 Å². The van der Waals surface area contributed by atoms with Crippen molar-refractivity contribution in [3.05, 3.63) is 99.2 Å². The van der Waals surface area contributed by atoms with Gasteiger partial charge in [0.15, 0.2) is 5.76 Å². The van der Waals surface area contributed by atoms with Crippen LogP contribution < -0.4 is 9.64 Å². The second-order valence-electron chi connectivity index (χ2n) is 6.60. The van der Waals surface area contributed by atoms with Crippen molar-refractivity contribution in [1.82, 2.24) is 0 Å². The lowest BCUT2D eigenvalue weighted by Crippen LogP contribution is -2.30. The van der Waals surface area contributed by atoms with Crippen LogP contribution in [0.15, 0.2) is 83.0 Å². The molecule has 0 saturated heterocycles. The highest BCUT2D eigenvalue weighted by molar-refractivity contribution is 9.10. The Bertz CT molecular complexity index is 1080. The number of hydrogen-bond acceptors (Lipinski definition) is 3. The second kappa shape index (κ2) is 7.93. The number of amides is 1. The molecule has 0 aliphatic carbocycles. The van der Waals surface area contributed by atoms with E-state index in [1.54, 1.807) is 36.3 Å². The van der Waals surface area contributed by atoms with Crippen LogP contribution in [0.2, 0.25) is 5.02 Å². The minimum absolute atomic E-state index is 0.266. The van der Waals surface area contributed by atoms with Crippen molar-refractivity contribution in [3.8, 4) is 5.75 Å². The molecule has 1 N–H and O–H groups in total. The number of carbonyl (C=O) groups is 1. The van der Waals surface area contributed by atoms with Gasteiger partial charge in [0.1, 0.15) is 5.75 Å². The number of hydrogen-bond donors (Lipinski definition) is 1. The predicted octanol–water partition coefficient (Wildman–Crippen LogP) is 6.17. The summed E-state index contributed by atoms with van der Waals surface area (Å²) >= 11 is 9.49. The highest BCUT2D eigenvalue weighted by Gasteiger charge is 2.41. The number of nitrogens with zero attached hydrogens (tertiary/aromatic N) is 1. The van der Waals surface area contributed by atoms with Crippen LogP contribution in [0.25, 0.3) is 5.57 Å². The summed E-state index contributed by atoms with van der Waals surface area (Å²) in [4.78, 5) is 14.7. The van der Waals surface area contributed by atoms with Gasteiger partial charge in [0.05, 0.1) is 13.2 Å². The Kier molecular flexibility index (Phi) is 5.35. The lowest BCUT2D eigenvalue weighted by molar-refractivity contribution is -0.117. The first-order chi connectivity index (χ1) is 14.0. The lowest BCUT2D eigenvalue weighted by atomic mass is 9.93. The number of halogens is 2. The molecule has 4 nitrogen and oxygen atoms in total. The molecule has 1 amide bonds. The van der Waals surface area contributed by atoms with Gasteiger partial charge in [-0.05, 0) is 59.7 Å². The standard InChI is InChI=1S/C23H17BrClNO3/c1-29-19-12-4-14(5-13-19)20-21(15-2-8-17(25)9-3-15)26(23(28)22(20)27)18-10-6-16(24)7-11-18/h2-13,21,27H,1H3/t21-/m1/s1. The molecule has 0 saturated carbocycles. The number of methoxy groups -OCH3 is 1. The minimum atomic E-state index is -0.491. The van der Waals surface area contributed by atoms with Crippen molar-refractivity contribution in [2.45, 2.75) is 6.04 Å². The van der Waals surface area contributed by atoms with Crippen LogP contribution in [0.4, 0.5) is 5.69 Å². The van der Waals surface area contributed by atoms with Crippen molar-refractivity contribution in [3.63, 3.8) is 0 Å². The third-order valence-electron chi connectivity index (χ3n) is 4.90. The summed E-state index contributed by atoms with van der Waals surface area (Å²) in [6.07, 6.45) is 0. The van der Waals surface area contributed by atoms with E-state index >= 15 is 0 Å². The minimum Gasteiger partial charge on any atom is -0.503 e. The highest BCUT2D eigenvalue weighted by atomic mass is 79.9. The van der Waals surface area contributed by atoms with Gasteiger partial charge in [0.2, 0.25) is 0 Å². The molecule has 1 atom stereocenters. The number of benzene rings is 3. The molecule has 0 radical (unpaired) electrons. The van der Waals surface area contributed by atoms with E-state index in [1.165, 1.54) is 0 Å². The van der Waals surface area contributed by atoms with Crippen LogP contribution in [-0.4, -0.2) is 18.1 Å². The summed E-state index contributed by atoms with van der Waals surface area (Å²) < 4.78 is 6.14. The molecule has 3 aromatic carbocycles. The van der Waals surface area contributed by atoms with E-state index in [2.05, 4.69) is 15.9 Å². The molecule has 0 unspecified atom stereocenters. The zero-order chi connectivity index (χ0) is 20.5. The summed E-state index contributed by atoms with van der Waals surface area (Å²) in [6.45, 7) is 0. The largest absolute Gasteiger partial charge is 0.503 e. The Morgan fingerprint density at radius 1 is 0.966 bits per heavy atom. The molecule has 29 heavy (non-hydrogen) atoms. The van der Waals surface area contributed by atoms with E-state index in [4.69, 9.17) is 16.3 Å². The molecule has 1 aliphatic rings. The molecule has 6 heteroatoms. The zero-order valence-corrected chi connectivity index (χ0v) is 17.8. The number of anilines is 1. The monoisotopic (exact) mass is 469 g/mol. The van der Waals surface area contributed by atoms with Crippen LogP contribution in [0, 0.1) is 0 Å². The van der Waals surface area contributed by atoms with E-state index in [-0.39, 0.29) is 5.76 Å².